The molecule has 0 radical (unpaired) electrons. The van der Waals surface area contributed by atoms with E-state index in [1.165, 1.54) is 14.2 Å². The monoisotopic (exact) mass is 472 g/mol. The van der Waals surface area contributed by atoms with Crippen molar-refractivity contribution in [1.82, 2.24) is 9.88 Å². The van der Waals surface area contributed by atoms with Gasteiger partial charge in [0.25, 0.3) is 11.8 Å². The summed E-state index contributed by atoms with van der Waals surface area (Å²) in [6, 6.07) is 14.1. The zero-order valence-electron chi connectivity index (χ0n) is 19.4. The third kappa shape index (κ3) is 3.74. The Balaban J connectivity index is 1.45. The molecule has 2 aliphatic heterocycles. The number of methoxy groups -OCH3 is 2. The minimum atomic E-state index is -0.638. The number of nitrogens with zero attached hydrogens (tertiary/aromatic N) is 3. The lowest BCUT2D eigenvalue weighted by atomic mass is 10.0. The van der Waals surface area contributed by atoms with Gasteiger partial charge in [0.15, 0.2) is 11.5 Å². The van der Waals surface area contributed by atoms with Crippen LogP contribution < -0.4 is 19.7 Å². The molecule has 35 heavy (non-hydrogen) atoms. The van der Waals surface area contributed by atoms with Crippen LogP contribution in [0.25, 0.3) is 0 Å². The summed E-state index contributed by atoms with van der Waals surface area (Å²) in [7, 11) is 3.00. The highest BCUT2D eigenvalue weighted by molar-refractivity contribution is 6.18. The average Bonchev–Trinajstić information content (AvgIpc) is 3.18. The standard InChI is InChI=1S/C26H24N4O5/c1-34-20-12-11-18-22(23(20)35-2)26(33)30-19-9-4-3-8-17(19)25(32)29(24(18)30)14-6-10-21(31)28-16-7-5-13-27-15-16/h3-5,7-9,11-13,15,24H,6,10,14H2,1-2H3,(H,28,31)/t24-/m0/s1. The van der Waals surface area contributed by atoms with Gasteiger partial charge in [0.2, 0.25) is 5.91 Å². The van der Waals surface area contributed by atoms with E-state index < -0.39 is 6.17 Å². The van der Waals surface area contributed by atoms with E-state index in [1.807, 2.05) is 0 Å². The van der Waals surface area contributed by atoms with Crippen LogP contribution in [-0.2, 0) is 4.79 Å². The smallest absolute Gasteiger partial charge is 0.264 e. The van der Waals surface area contributed by atoms with Gasteiger partial charge < -0.3 is 19.7 Å². The molecule has 2 aromatic carbocycles. The van der Waals surface area contributed by atoms with Crippen LogP contribution in [0.1, 0.15) is 45.3 Å². The minimum absolute atomic E-state index is 0.172. The van der Waals surface area contributed by atoms with Gasteiger partial charge in [-0.2, -0.15) is 0 Å². The van der Waals surface area contributed by atoms with Crippen LogP contribution in [0.15, 0.2) is 60.9 Å². The number of rotatable bonds is 7. The number of ether oxygens (including phenoxy) is 2. The van der Waals surface area contributed by atoms with Gasteiger partial charge in [-0.25, -0.2) is 0 Å². The Labute approximate surface area is 202 Å². The van der Waals surface area contributed by atoms with Gasteiger partial charge in [-0.1, -0.05) is 18.2 Å². The maximum atomic E-state index is 13.7. The molecule has 0 unspecified atom stereocenters. The second kappa shape index (κ2) is 9.09. The van der Waals surface area contributed by atoms with Crippen LogP contribution >= 0.6 is 0 Å². The van der Waals surface area contributed by atoms with E-state index in [-0.39, 0.29) is 30.7 Å². The van der Waals surface area contributed by atoms with Crippen LogP contribution in [0.2, 0.25) is 0 Å². The molecule has 0 aliphatic carbocycles. The maximum absolute atomic E-state index is 13.7. The first-order valence-electron chi connectivity index (χ1n) is 11.2. The molecule has 0 bridgehead atoms. The van der Waals surface area contributed by atoms with Crippen LogP contribution in [0.4, 0.5) is 11.4 Å². The van der Waals surface area contributed by atoms with Crippen molar-refractivity contribution in [3.8, 4) is 11.5 Å². The van der Waals surface area contributed by atoms with E-state index in [1.54, 1.807) is 70.7 Å². The molecule has 9 nitrogen and oxygen atoms in total. The Hall–Kier alpha value is -4.40. The number of anilines is 2. The Morgan fingerprint density at radius 3 is 2.60 bits per heavy atom. The lowest BCUT2D eigenvalue weighted by Crippen LogP contribution is -2.48. The van der Waals surface area contributed by atoms with Crippen LogP contribution in [0.3, 0.4) is 0 Å². The van der Waals surface area contributed by atoms with Gasteiger partial charge in [0, 0.05) is 24.7 Å². The van der Waals surface area contributed by atoms with Crippen LogP contribution in [0.5, 0.6) is 11.5 Å². The first kappa shape index (κ1) is 22.4. The highest BCUT2D eigenvalue weighted by atomic mass is 16.5. The topological polar surface area (TPSA) is 101 Å². The second-order valence-electron chi connectivity index (χ2n) is 8.22. The zero-order valence-corrected chi connectivity index (χ0v) is 19.4. The summed E-state index contributed by atoms with van der Waals surface area (Å²) in [5.41, 5.74) is 2.64. The van der Waals surface area contributed by atoms with Crippen molar-refractivity contribution < 1.29 is 23.9 Å². The van der Waals surface area contributed by atoms with Crippen molar-refractivity contribution in [3.63, 3.8) is 0 Å². The number of nitrogens with one attached hydrogen (secondary N) is 1. The molecular formula is C26H24N4O5. The molecule has 1 N–H and O–H groups in total. The number of fused-ring (bicyclic) bond motifs is 5. The summed E-state index contributed by atoms with van der Waals surface area (Å²) in [5.74, 6) is 0.154. The molecule has 3 heterocycles. The SMILES string of the molecule is COc1ccc2c(c1OC)C(=O)N1c3ccccc3C(=O)N(CCCC(=O)Nc3cccnc3)[C@H]21. The fourth-order valence-corrected chi connectivity index (χ4v) is 4.72. The normalized spacial score (nSPS) is 15.9. The van der Waals surface area contributed by atoms with Gasteiger partial charge in [-0.05, 0) is 36.8 Å². The van der Waals surface area contributed by atoms with Gasteiger partial charge in [0.1, 0.15) is 6.17 Å². The lowest BCUT2D eigenvalue weighted by Gasteiger charge is -2.41. The summed E-state index contributed by atoms with van der Waals surface area (Å²) in [4.78, 5) is 46.9. The van der Waals surface area contributed by atoms with Crippen molar-refractivity contribution in [2.24, 2.45) is 0 Å². The van der Waals surface area contributed by atoms with Crippen molar-refractivity contribution in [2.45, 2.75) is 19.0 Å². The largest absolute Gasteiger partial charge is 0.493 e. The Morgan fingerprint density at radius 2 is 1.86 bits per heavy atom. The molecule has 0 saturated carbocycles. The molecule has 178 valence electrons. The molecule has 1 aromatic heterocycles. The summed E-state index contributed by atoms with van der Waals surface area (Å²) in [6.45, 7) is 0.288. The Morgan fingerprint density at radius 1 is 1.03 bits per heavy atom. The predicted octanol–water partition coefficient (Wildman–Crippen LogP) is 3.63. The maximum Gasteiger partial charge on any atom is 0.264 e. The van der Waals surface area contributed by atoms with E-state index in [4.69, 9.17) is 9.47 Å². The van der Waals surface area contributed by atoms with Crippen molar-refractivity contribution in [1.29, 1.82) is 0 Å². The summed E-state index contributed by atoms with van der Waals surface area (Å²) < 4.78 is 10.9. The third-order valence-electron chi connectivity index (χ3n) is 6.23. The summed E-state index contributed by atoms with van der Waals surface area (Å²) in [5, 5.41) is 2.80. The quantitative estimate of drug-likeness (QED) is 0.564. The number of hydrogen-bond donors (Lipinski definition) is 1. The molecule has 0 fully saturated rings. The van der Waals surface area contributed by atoms with E-state index in [0.717, 1.165) is 0 Å². The molecule has 2 aliphatic rings. The summed E-state index contributed by atoms with van der Waals surface area (Å²) in [6.07, 6.45) is 3.19. The van der Waals surface area contributed by atoms with Gasteiger partial charge in [-0.15, -0.1) is 0 Å². The van der Waals surface area contributed by atoms with Crippen molar-refractivity contribution in [3.05, 3.63) is 77.6 Å². The Kier molecular flexibility index (Phi) is 5.82. The predicted molar refractivity (Wildman–Crippen MR) is 129 cm³/mol. The molecule has 3 amide bonds. The van der Waals surface area contributed by atoms with Gasteiger partial charge in [-0.3, -0.25) is 24.3 Å². The second-order valence-corrected chi connectivity index (χ2v) is 8.22. The van der Waals surface area contributed by atoms with Gasteiger partial charge >= 0.3 is 0 Å². The van der Waals surface area contributed by atoms with E-state index in [0.29, 0.717) is 46.0 Å². The van der Waals surface area contributed by atoms with E-state index >= 15 is 0 Å². The molecule has 0 spiro atoms. The molecule has 5 rings (SSSR count). The number of aromatic nitrogens is 1. The van der Waals surface area contributed by atoms with Crippen molar-refractivity contribution >= 4 is 29.1 Å². The molecule has 0 saturated heterocycles. The summed E-state index contributed by atoms with van der Waals surface area (Å²) >= 11 is 0. The van der Waals surface area contributed by atoms with E-state index in [9.17, 15) is 14.4 Å². The molecule has 3 aromatic rings. The first-order valence-corrected chi connectivity index (χ1v) is 11.2. The number of carbonyl (C=O) groups excluding carboxylic acids is 3. The zero-order chi connectivity index (χ0) is 24.5. The number of para-hydroxylation sites is 1. The number of pyridine rings is 1. The molecular weight excluding hydrogens is 448 g/mol. The van der Waals surface area contributed by atoms with Crippen molar-refractivity contribution in [2.75, 3.05) is 31.0 Å². The minimum Gasteiger partial charge on any atom is -0.493 e. The third-order valence-corrected chi connectivity index (χ3v) is 6.23. The number of benzene rings is 2. The number of carbonyl (C=O) groups is 3. The van der Waals surface area contributed by atoms with Gasteiger partial charge in [0.05, 0.1) is 42.9 Å². The highest BCUT2D eigenvalue weighted by Crippen LogP contribution is 2.49. The number of hydrogen-bond acceptors (Lipinski definition) is 6. The fourth-order valence-electron chi connectivity index (χ4n) is 4.72. The highest BCUT2D eigenvalue weighted by Gasteiger charge is 2.49. The molecule has 9 heteroatoms. The van der Waals surface area contributed by atoms with E-state index in [2.05, 4.69) is 10.3 Å². The number of amides is 3. The van der Waals surface area contributed by atoms with Crippen LogP contribution in [-0.4, -0.2) is 48.4 Å². The average molecular weight is 473 g/mol. The molecule has 1 atom stereocenters. The fraction of sp³-hybridized carbons (Fsp3) is 0.231. The first-order chi connectivity index (χ1) is 17.0. The lowest BCUT2D eigenvalue weighted by molar-refractivity contribution is -0.116. The Bertz CT molecular complexity index is 1310. The van der Waals surface area contributed by atoms with Crippen LogP contribution in [0, 0.1) is 0 Å².